The minimum Gasteiger partial charge on any atom is -0.390 e. The van der Waals surface area contributed by atoms with E-state index in [0.29, 0.717) is 0 Å². The molecule has 0 radical (unpaired) electrons. The van der Waals surface area contributed by atoms with Crippen molar-refractivity contribution < 1.29 is 5.11 Å². The number of anilines is 1. The number of aromatic nitrogens is 1. The standard InChI is InChI=1S/C30H30N2O/c1-18-16-25(24-13-9-12-22-19(2)17-31-28(22)24)23(15-14-21-10-7-6-8-11-21)26-20(3)29(33)30(4,5)32-27(18)26/h6-13,16-17,20,29,31-33H,1-5H3/t20-,29+/m0/s1. The van der Waals surface area contributed by atoms with Crippen molar-refractivity contribution in [1.29, 1.82) is 0 Å². The van der Waals surface area contributed by atoms with Crippen LogP contribution in [0.1, 0.15) is 54.5 Å². The molecule has 0 bridgehead atoms. The molecule has 0 unspecified atom stereocenters. The van der Waals surface area contributed by atoms with Gasteiger partial charge in [-0.05, 0) is 62.6 Å². The molecule has 0 saturated heterocycles. The number of fused-ring (bicyclic) bond motifs is 2. The molecule has 3 aromatic carbocycles. The van der Waals surface area contributed by atoms with Gasteiger partial charge in [-0.15, -0.1) is 0 Å². The normalized spacial score (nSPS) is 18.8. The fourth-order valence-corrected chi connectivity index (χ4v) is 5.17. The zero-order valence-corrected chi connectivity index (χ0v) is 19.9. The lowest BCUT2D eigenvalue weighted by Crippen LogP contribution is -2.50. The summed E-state index contributed by atoms with van der Waals surface area (Å²) in [6.45, 7) is 10.5. The minimum atomic E-state index is -0.527. The first kappa shape index (κ1) is 21.4. The van der Waals surface area contributed by atoms with Crippen LogP contribution in [0.25, 0.3) is 22.0 Å². The van der Waals surface area contributed by atoms with Crippen molar-refractivity contribution in [3.63, 3.8) is 0 Å². The Bertz CT molecular complexity index is 1420. The molecular weight excluding hydrogens is 404 g/mol. The van der Waals surface area contributed by atoms with Crippen molar-refractivity contribution in [1.82, 2.24) is 4.98 Å². The summed E-state index contributed by atoms with van der Waals surface area (Å²) >= 11 is 0. The van der Waals surface area contributed by atoms with E-state index in [2.05, 4.69) is 87.2 Å². The molecule has 3 heteroatoms. The second-order valence-corrected chi connectivity index (χ2v) is 9.80. The zero-order valence-electron chi connectivity index (χ0n) is 19.9. The van der Waals surface area contributed by atoms with Crippen LogP contribution in [-0.4, -0.2) is 21.7 Å². The lowest BCUT2D eigenvalue weighted by molar-refractivity contribution is 0.0868. The summed E-state index contributed by atoms with van der Waals surface area (Å²) < 4.78 is 0. The number of H-pyrrole nitrogens is 1. The Labute approximate surface area is 195 Å². The highest BCUT2D eigenvalue weighted by atomic mass is 16.3. The van der Waals surface area contributed by atoms with Gasteiger partial charge in [0.25, 0.3) is 0 Å². The average molecular weight is 435 g/mol. The van der Waals surface area contributed by atoms with Gasteiger partial charge in [0.2, 0.25) is 0 Å². The van der Waals surface area contributed by atoms with Crippen molar-refractivity contribution >= 4 is 16.6 Å². The van der Waals surface area contributed by atoms with E-state index in [1.54, 1.807) is 0 Å². The molecule has 5 rings (SSSR count). The molecule has 0 amide bonds. The van der Waals surface area contributed by atoms with E-state index in [-0.39, 0.29) is 5.92 Å². The third-order valence-electron chi connectivity index (χ3n) is 7.00. The summed E-state index contributed by atoms with van der Waals surface area (Å²) in [5.41, 5.74) is 9.47. The Hall–Kier alpha value is -3.48. The Morgan fingerprint density at radius 3 is 2.42 bits per heavy atom. The second kappa shape index (κ2) is 7.83. The summed E-state index contributed by atoms with van der Waals surface area (Å²) in [6, 6.07) is 18.7. The van der Waals surface area contributed by atoms with Gasteiger partial charge in [-0.3, -0.25) is 0 Å². The van der Waals surface area contributed by atoms with Crippen LogP contribution >= 0.6 is 0 Å². The summed E-state index contributed by atoms with van der Waals surface area (Å²) in [5, 5.41) is 16.0. The van der Waals surface area contributed by atoms with Gasteiger partial charge in [0, 0.05) is 45.4 Å². The maximum Gasteiger partial charge on any atom is 0.0831 e. The van der Waals surface area contributed by atoms with Gasteiger partial charge in [-0.2, -0.15) is 0 Å². The number of rotatable bonds is 1. The van der Waals surface area contributed by atoms with Crippen molar-refractivity contribution in [3.8, 4) is 23.0 Å². The van der Waals surface area contributed by atoms with Gasteiger partial charge >= 0.3 is 0 Å². The largest absolute Gasteiger partial charge is 0.390 e. The summed E-state index contributed by atoms with van der Waals surface area (Å²) in [5.74, 6) is 6.84. The van der Waals surface area contributed by atoms with Gasteiger partial charge in [-0.25, -0.2) is 0 Å². The third-order valence-corrected chi connectivity index (χ3v) is 7.00. The number of aliphatic hydroxyl groups is 1. The summed E-state index contributed by atoms with van der Waals surface area (Å²) in [6.07, 6.45) is 1.53. The van der Waals surface area contributed by atoms with Crippen molar-refractivity contribution in [2.75, 3.05) is 5.32 Å². The molecular formula is C30H30N2O. The first-order valence-electron chi connectivity index (χ1n) is 11.6. The van der Waals surface area contributed by atoms with Gasteiger partial charge in [-0.1, -0.05) is 55.2 Å². The molecule has 3 nitrogen and oxygen atoms in total. The Morgan fingerprint density at radius 1 is 0.909 bits per heavy atom. The Morgan fingerprint density at radius 2 is 1.67 bits per heavy atom. The molecule has 1 aliphatic heterocycles. The van der Waals surface area contributed by atoms with E-state index < -0.39 is 11.6 Å². The number of aliphatic hydroxyl groups excluding tert-OH is 1. The average Bonchev–Trinajstić information content (AvgIpc) is 3.19. The van der Waals surface area contributed by atoms with E-state index in [9.17, 15) is 5.11 Å². The molecule has 33 heavy (non-hydrogen) atoms. The van der Waals surface area contributed by atoms with E-state index in [1.165, 1.54) is 10.9 Å². The van der Waals surface area contributed by atoms with Crippen LogP contribution < -0.4 is 5.32 Å². The highest BCUT2D eigenvalue weighted by Gasteiger charge is 2.40. The van der Waals surface area contributed by atoms with E-state index in [4.69, 9.17) is 0 Å². The molecule has 2 atom stereocenters. The molecule has 0 aliphatic carbocycles. The number of nitrogens with one attached hydrogen (secondary N) is 2. The van der Waals surface area contributed by atoms with Crippen molar-refractivity contribution in [3.05, 3.63) is 88.6 Å². The minimum absolute atomic E-state index is 0.0560. The molecule has 1 aromatic heterocycles. The quantitative estimate of drug-likeness (QED) is 0.299. The van der Waals surface area contributed by atoms with Crippen LogP contribution in [0.3, 0.4) is 0 Å². The van der Waals surface area contributed by atoms with Gasteiger partial charge in [0.05, 0.1) is 17.2 Å². The maximum absolute atomic E-state index is 11.2. The third kappa shape index (κ3) is 3.52. The molecule has 1 aliphatic rings. The van der Waals surface area contributed by atoms with Crippen molar-refractivity contribution in [2.24, 2.45) is 0 Å². The lowest BCUT2D eigenvalue weighted by atomic mass is 9.75. The number of aryl methyl sites for hydroxylation is 2. The van der Waals surface area contributed by atoms with Crippen LogP contribution in [-0.2, 0) is 0 Å². The molecule has 4 aromatic rings. The smallest absolute Gasteiger partial charge is 0.0831 e. The topological polar surface area (TPSA) is 48.0 Å². The summed E-state index contributed by atoms with van der Waals surface area (Å²) in [4.78, 5) is 3.48. The predicted molar refractivity (Wildman–Crippen MR) is 138 cm³/mol. The monoisotopic (exact) mass is 434 g/mol. The lowest BCUT2D eigenvalue weighted by Gasteiger charge is -2.43. The van der Waals surface area contributed by atoms with E-state index in [0.717, 1.165) is 44.6 Å². The Balaban J connectivity index is 1.83. The highest BCUT2D eigenvalue weighted by Crippen LogP contribution is 2.46. The van der Waals surface area contributed by atoms with Gasteiger partial charge in [0.1, 0.15) is 0 Å². The number of hydrogen-bond acceptors (Lipinski definition) is 2. The fourth-order valence-electron chi connectivity index (χ4n) is 5.17. The number of hydrogen-bond donors (Lipinski definition) is 3. The van der Waals surface area contributed by atoms with Crippen LogP contribution in [0, 0.1) is 25.7 Å². The molecule has 0 fully saturated rings. The first-order valence-corrected chi connectivity index (χ1v) is 11.6. The van der Waals surface area contributed by atoms with Crippen LogP contribution in [0.15, 0.2) is 60.8 Å². The summed E-state index contributed by atoms with van der Waals surface area (Å²) in [7, 11) is 0. The molecule has 3 N–H and O–H groups in total. The van der Waals surface area contributed by atoms with Crippen LogP contribution in [0.5, 0.6) is 0 Å². The number of aromatic amines is 1. The maximum atomic E-state index is 11.2. The number of para-hydroxylation sites is 1. The number of benzene rings is 3. The first-order chi connectivity index (χ1) is 15.8. The van der Waals surface area contributed by atoms with E-state index in [1.807, 2.05) is 30.3 Å². The van der Waals surface area contributed by atoms with Gasteiger partial charge in [0.15, 0.2) is 0 Å². The molecule has 0 saturated carbocycles. The van der Waals surface area contributed by atoms with Crippen LogP contribution in [0.2, 0.25) is 0 Å². The molecule has 166 valence electrons. The predicted octanol–water partition coefficient (Wildman–Crippen LogP) is 6.52. The van der Waals surface area contributed by atoms with E-state index >= 15 is 0 Å². The highest BCUT2D eigenvalue weighted by molar-refractivity contribution is 5.98. The second-order valence-electron chi connectivity index (χ2n) is 9.80. The SMILES string of the molecule is Cc1cc(-c2cccc3c(C)c[nH]c23)c(C#Cc2ccccc2)c2c1NC(C)(C)[C@H](O)[C@H]2C. The zero-order chi connectivity index (χ0) is 23.3. The van der Waals surface area contributed by atoms with Crippen molar-refractivity contribution in [2.45, 2.75) is 52.2 Å². The van der Waals surface area contributed by atoms with Crippen LogP contribution in [0.4, 0.5) is 5.69 Å². The Kier molecular flexibility index (Phi) is 5.07. The fraction of sp³-hybridized carbons (Fsp3) is 0.267. The molecule has 2 heterocycles. The van der Waals surface area contributed by atoms with Gasteiger partial charge < -0.3 is 15.4 Å². The molecule has 0 spiro atoms.